The first-order chi connectivity index (χ1) is 11.9. The molecule has 144 valence electrons. The Bertz CT molecular complexity index is 724. The fourth-order valence-corrected chi connectivity index (χ4v) is 3.10. The summed E-state index contributed by atoms with van der Waals surface area (Å²) in [5, 5.41) is 10.5. The normalized spacial score (nSPS) is 23.9. The molecular weight excluding hydrogens is 370 g/mol. The third-order valence-electron chi connectivity index (χ3n) is 4.24. The SMILES string of the molecule is C[C@H]1[C@@H](c2c(F)ccc(F)c2F)C[C@@H](NC(=O)O)C(=O)N1CC(F)(F)F. The van der Waals surface area contributed by atoms with Gasteiger partial charge in [-0.15, -0.1) is 0 Å². The molecule has 2 amide bonds. The van der Waals surface area contributed by atoms with Gasteiger partial charge in [0.15, 0.2) is 11.6 Å². The van der Waals surface area contributed by atoms with Crippen LogP contribution in [-0.2, 0) is 4.79 Å². The van der Waals surface area contributed by atoms with Crippen LogP contribution in [0.5, 0.6) is 0 Å². The van der Waals surface area contributed by atoms with Gasteiger partial charge in [-0.05, 0) is 25.5 Å². The number of hydrogen-bond acceptors (Lipinski definition) is 2. The van der Waals surface area contributed by atoms with Gasteiger partial charge in [-0.3, -0.25) is 4.79 Å². The summed E-state index contributed by atoms with van der Waals surface area (Å²) >= 11 is 0. The average Bonchev–Trinajstić information content (AvgIpc) is 2.50. The molecule has 1 aliphatic rings. The van der Waals surface area contributed by atoms with E-state index in [0.717, 1.165) is 6.92 Å². The van der Waals surface area contributed by atoms with Crippen LogP contribution in [0.4, 0.5) is 31.1 Å². The van der Waals surface area contributed by atoms with Crippen LogP contribution in [0.25, 0.3) is 0 Å². The van der Waals surface area contributed by atoms with Crippen molar-refractivity contribution in [3.63, 3.8) is 0 Å². The molecule has 1 aliphatic heterocycles. The van der Waals surface area contributed by atoms with E-state index >= 15 is 0 Å². The first-order valence-corrected chi connectivity index (χ1v) is 7.42. The van der Waals surface area contributed by atoms with E-state index in [2.05, 4.69) is 0 Å². The molecule has 0 aliphatic carbocycles. The van der Waals surface area contributed by atoms with Crippen molar-refractivity contribution in [1.29, 1.82) is 0 Å². The number of nitrogens with one attached hydrogen (secondary N) is 1. The van der Waals surface area contributed by atoms with E-state index in [-0.39, 0.29) is 0 Å². The van der Waals surface area contributed by atoms with Crippen molar-refractivity contribution in [3.05, 3.63) is 35.1 Å². The van der Waals surface area contributed by atoms with Crippen LogP contribution in [-0.4, -0.2) is 46.8 Å². The topological polar surface area (TPSA) is 69.6 Å². The van der Waals surface area contributed by atoms with Crippen LogP contribution in [0.3, 0.4) is 0 Å². The van der Waals surface area contributed by atoms with Gasteiger partial charge in [0, 0.05) is 17.5 Å². The van der Waals surface area contributed by atoms with Crippen molar-refractivity contribution in [3.8, 4) is 0 Å². The summed E-state index contributed by atoms with van der Waals surface area (Å²) < 4.78 is 80.0. The minimum absolute atomic E-state index is 0.290. The highest BCUT2D eigenvalue weighted by Gasteiger charge is 2.46. The fraction of sp³-hybridized carbons (Fsp3) is 0.467. The number of halogens is 6. The molecule has 0 spiro atoms. The van der Waals surface area contributed by atoms with Crippen molar-refractivity contribution in [1.82, 2.24) is 10.2 Å². The predicted molar refractivity (Wildman–Crippen MR) is 75.9 cm³/mol. The lowest BCUT2D eigenvalue weighted by molar-refractivity contribution is -0.170. The molecule has 1 heterocycles. The Kier molecular flexibility index (Phi) is 5.38. The molecule has 3 atom stereocenters. The maximum atomic E-state index is 14.1. The maximum Gasteiger partial charge on any atom is 0.406 e. The standard InChI is InChI=1S/C15H14F6N2O3/c1-6-7(11-8(16)2-3-9(17)12(11)18)4-10(22-14(25)26)13(24)23(6)5-15(19,20)21/h2-3,6-7,10,22H,4-5H2,1H3,(H,25,26)/t6-,7-,10+/m0/s1. The Balaban J connectivity index is 2.50. The minimum Gasteiger partial charge on any atom is -0.465 e. The molecule has 0 aromatic heterocycles. The van der Waals surface area contributed by atoms with Gasteiger partial charge < -0.3 is 15.3 Å². The van der Waals surface area contributed by atoms with E-state index in [1.54, 1.807) is 5.32 Å². The maximum absolute atomic E-state index is 14.1. The first-order valence-electron chi connectivity index (χ1n) is 7.42. The average molecular weight is 384 g/mol. The summed E-state index contributed by atoms with van der Waals surface area (Å²) in [6, 6.07) is -1.86. The summed E-state index contributed by atoms with van der Waals surface area (Å²) in [5.41, 5.74) is -0.825. The van der Waals surface area contributed by atoms with Crippen molar-refractivity contribution in [2.45, 2.75) is 37.5 Å². The molecule has 26 heavy (non-hydrogen) atoms. The van der Waals surface area contributed by atoms with Crippen molar-refractivity contribution < 1.29 is 41.0 Å². The smallest absolute Gasteiger partial charge is 0.406 e. The van der Waals surface area contributed by atoms with E-state index < -0.39 is 72.2 Å². The molecule has 1 saturated heterocycles. The molecule has 1 aromatic carbocycles. The lowest BCUT2D eigenvalue weighted by Gasteiger charge is -2.43. The summed E-state index contributed by atoms with van der Waals surface area (Å²) in [4.78, 5) is 23.3. The largest absolute Gasteiger partial charge is 0.465 e. The van der Waals surface area contributed by atoms with Gasteiger partial charge in [0.2, 0.25) is 5.91 Å². The van der Waals surface area contributed by atoms with E-state index in [1.165, 1.54) is 0 Å². The molecule has 0 unspecified atom stereocenters. The number of carboxylic acid groups (broad SMARTS) is 1. The summed E-state index contributed by atoms with van der Waals surface area (Å²) in [7, 11) is 0. The Morgan fingerprint density at radius 1 is 1.27 bits per heavy atom. The molecule has 0 bridgehead atoms. The first kappa shape index (κ1) is 19.9. The molecular formula is C15H14F6N2O3. The third-order valence-corrected chi connectivity index (χ3v) is 4.24. The highest BCUT2D eigenvalue weighted by molar-refractivity contribution is 5.86. The molecule has 5 nitrogen and oxygen atoms in total. The second-order valence-electron chi connectivity index (χ2n) is 5.92. The Morgan fingerprint density at radius 3 is 2.38 bits per heavy atom. The van der Waals surface area contributed by atoms with Crippen molar-refractivity contribution in [2.75, 3.05) is 6.54 Å². The molecule has 0 saturated carbocycles. The number of benzene rings is 1. The van der Waals surface area contributed by atoms with Crippen LogP contribution in [0, 0.1) is 17.5 Å². The Hall–Kier alpha value is -2.46. The van der Waals surface area contributed by atoms with Crippen molar-refractivity contribution in [2.24, 2.45) is 0 Å². The van der Waals surface area contributed by atoms with Gasteiger partial charge in [0.05, 0.1) is 0 Å². The number of carbonyl (C=O) groups is 2. The van der Waals surface area contributed by atoms with Crippen LogP contribution >= 0.6 is 0 Å². The van der Waals surface area contributed by atoms with Gasteiger partial charge in [0.1, 0.15) is 18.4 Å². The van der Waals surface area contributed by atoms with Crippen LogP contribution in [0.2, 0.25) is 0 Å². The lowest BCUT2D eigenvalue weighted by atomic mass is 9.81. The minimum atomic E-state index is -4.82. The monoisotopic (exact) mass is 384 g/mol. The van der Waals surface area contributed by atoms with Crippen LogP contribution in [0.15, 0.2) is 12.1 Å². The Morgan fingerprint density at radius 2 is 1.85 bits per heavy atom. The quantitative estimate of drug-likeness (QED) is 0.622. The predicted octanol–water partition coefficient (Wildman–Crippen LogP) is 3.01. The number of piperidine rings is 1. The van der Waals surface area contributed by atoms with E-state index in [4.69, 9.17) is 5.11 Å². The molecule has 1 aromatic rings. The second kappa shape index (κ2) is 7.04. The number of rotatable bonds is 3. The van der Waals surface area contributed by atoms with Gasteiger partial charge in [-0.1, -0.05) is 0 Å². The second-order valence-corrected chi connectivity index (χ2v) is 5.92. The van der Waals surface area contributed by atoms with E-state index in [0.29, 0.717) is 17.0 Å². The number of alkyl halides is 3. The van der Waals surface area contributed by atoms with Gasteiger partial charge in [-0.2, -0.15) is 13.2 Å². The van der Waals surface area contributed by atoms with Gasteiger partial charge in [0.25, 0.3) is 0 Å². The summed E-state index contributed by atoms with van der Waals surface area (Å²) in [6.07, 6.45) is -7.03. The summed E-state index contributed by atoms with van der Waals surface area (Å²) in [6.45, 7) is -0.602. The number of amides is 2. The van der Waals surface area contributed by atoms with Crippen LogP contribution in [0.1, 0.15) is 24.8 Å². The third kappa shape index (κ3) is 4.02. The highest BCUT2D eigenvalue weighted by atomic mass is 19.4. The zero-order valence-corrected chi connectivity index (χ0v) is 13.3. The number of carbonyl (C=O) groups excluding carboxylic acids is 1. The molecule has 2 rings (SSSR count). The molecule has 2 N–H and O–H groups in total. The highest BCUT2D eigenvalue weighted by Crippen LogP contribution is 2.38. The van der Waals surface area contributed by atoms with Gasteiger partial charge in [-0.25, -0.2) is 18.0 Å². The number of likely N-dealkylation sites (tertiary alicyclic amines) is 1. The zero-order chi connectivity index (χ0) is 19.8. The summed E-state index contributed by atoms with van der Waals surface area (Å²) in [5.74, 6) is -6.75. The van der Waals surface area contributed by atoms with E-state index in [9.17, 15) is 35.9 Å². The number of hydrogen-bond donors (Lipinski definition) is 2. The van der Waals surface area contributed by atoms with E-state index in [1.807, 2.05) is 0 Å². The van der Waals surface area contributed by atoms with Crippen molar-refractivity contribution >= 4 is 12.0 Å². The Labute approximate surface area is 143 Å². The molecule has 1 fully saturated rings. The fourth-order valence-electron chi connectivity index (χ4n) is 3.10. The lowest BCUT2D eigenvalue weighted by Crippen LogP contribution is -2.59. The number of nitrogens with zero attached hydrogens (tertiary/aromatic N) is 1. The van der Waals surface area contributed by atoms with Gasteiger partial charge >= 0.3 is 12.3 Å². The molecule has 0 radical (unpaired) electrons. The zero-order valence-electron chi connectivity index (χ0n) is 13.3. The molecule has 11 heteroatoms. The van der Waals surface area contributed by atoms with Crippen LogP contribution < -0.4 is 5.32 Å².